The standard InChI is InChI=1S/C15H15ClFN/c1-10-5-3-8-13(14(10)17)15(18-2)11-6-4-7-12(16)9-11/h3-9,15,18H,1-2H3. The summed E-state index contributed by atoms with van der Waals surface area (Å²) in [4.78, 5) is 0. The molecule has 0 aliphatic rings. The number of halogens is 2. The highest BCUT2D eigenvalue weighted by Gasteiger charge is 2.17. The first-order valence-corrected chi connectivity index (χ1v) is 6.19. The minimum atomic E-state index is -0.191. The van der Waals surface area contributed by atoms with Gasteiger partial charge in [0.25, 0.3) is 0 Å². The minimum Gasteiger partial charge on any atom is -0.309 e. The summed E-state index contributed by atoms with van der Waals surface area (Å²) in [6.07, 6.45) is 0. The molecule has 18 heavy (non-hydrogen) atoms. The molecule has 3 heteroatoms. The molecule has 0 amide bonds. The molecular weight excluding hydrogens is 249 g/mol. The molecule has 0 aromatic heterocycles. The van der Waals surface area contributed by atoms with E-state index in [1.54, 1.807) is 19.1 Å². The highest BCUT2D eigenvalue weighted by Crippen LogP contribution is 2.27. The number of rotatable bonds is 3. The first-order chi connectivity index (χ1) is 8.63. The van der Waals surface area contributed by atoms with Crippen molar-refractivity contribution in [2.24, 2.45) is 0 Å². The molecule has 0 saturated heterocycles. The van der Waals surface area contributed by atoms with Crippen LogP contribution in [0.25, 0.3) is 0 Å². The van der Waals surface area contributed by atoms with Gasteiger partial charge < -0.3 is 5.32 Å². The molecule has 1 atom stereocenters. The second-order valence-electron chi connectivity index (χ2n) is 4.25. The van der Waals surface area contributed by atoms with E-state index in [1.165, 1.54) is 0 Å². The third-order valence-corrected chi connectivity index (χ3v) is 3.24. The third kappa shape index (κ3) is 2.55. The summed E-state index contributed by atoms with van der Waals surface area (Å²) in [6, 6.07) is 12.7. The van der Waals surface area contributed by atoms with E-state index in [-0.39, 0.29) is 11.9 Å². The van der Waals surface area contributed by atoms with Gasteiger partial charge in [0.2, 0.25) is 0 Å². The molecule has 2 aromatic carbocycles. The van der Waals surface area contributed by atoms with Crippen LogP contribution in [0.15, 0.2) is 42.5 Å². The molecule has 0 spiro atoms. The molecular formula is C15H15ClFN. The Labute approximate surface area is 112 Å². The summed E-state index contributed by atoms with van der Waals surface area (Å²) >= 11 is 5.98. The highest BCUT2D eigenvalue weighted by atomic mass is 35.5. The molecule has 0 radical (unpaired) electrons. The van der Waals surface area contributed by atoms with Crippen molar-refractivity contribution >= 4 is 11.6 Å². The first kappa shape index (κ1) is 13.1. The molecule has 2 aromatic rings. The predicted molar refractivity (Wildman–Crippen MR) is 73.5 cm³/mol. The highest BCUT2D eigenvalue weighted by molar-refractivity contribution is 6.30. The van der Waals surface area contributed by atoms with E-state index in [1.807, 2.05) is 37.4 Å². The Bertz CT molecular complexity index is 554. The van der Waals surface area contributed by atoms with Crippen LogP contribution in [0.5, 0.6) is 0 Å². The number of hydrogen-bond acceptors (Lipinski definition) is 1. The largest absolute Gasteiger partial charge is 0.309 e. The zero-order chi connectivity index (χ0) is 13.1. The van der Waals surface area contributed by atoms with Gasteiger partial charge in [-0.1, -0.05) is 41.9 Å². The van der Waals surface area contributed by atoms with Gasteiger partial charge in [0.15, 0.2) is 0 Å². The summed E-state index contributed by atoms with van der Waals surface area (Å²) in [5, 5.41) is 3.78. The molecule has 0 saturated carbocycles. The Hall–Kier alpha value is -1.38. The molecule has 0 fully saturated rings. The summed E-state index contributed by atoms with van der Waals surface area (Å²) in [5.41, 5.74) is 2.24. The Morgan fingerprint density at radius 1 is 1.17 bits per heavy atom. The molecule has 0 aliphatic carbocycles. The fraction of sp³-hybridized carbons (Fsp3) is 0.200. The van der Waals surface area contributed by atoms with Gasteiger partial charge >= 0.3 is 0 Å². The Balaban J connectivity index is 2.49. The third-order valence-electron chi connectivity index (χ3n) is 3.00. The fourth-order valence-electron chi connectivity index (χ4n) is 2.08. The number of benzene rings is 2. The van der Waals surface area contributed by atoms with Crippen LogP contribution in [0, 0.1) is 12.7 Å². The van der Waals surface area contributed by atoms with Crippen molar-refractivity contribution in [3.8, 4) is 0 Å². The molecule has 1 unspecified atom stereocenters. The number of nitrogens with one attached hydrogen (secondary N) is 1. The van der Waals surface area contributed by atoms with Gasteiger partial charge in [-0.05, 0) is 37.2 Å². The van der Waals surface area contributed by atoms with Crippen molar-refractivity contribution in [3.63, 3.8) is 0 Å². The van der Waals surface area contributed by atoms with Crippen LogP contribution in [0.3, 0.4) is 0 Å². The van der Waals surface area contributed by atoms with Gasteiger partial charge in [0.1, 0.15) is 5.82 Å². The van der Waals surface area contributed by atoms with E-state index in [0.717, 1.165) is 5.56 Å². The normalized spacial score (nSPS) is 12.4. The maximum absolute atomic E-state index is 14.2. The van der Waals surface area contributed by atoms with Crippen LogP contribution < -0.4 is 5.32 Å². The van der Waals surface area contributed by atoms with Gasteiger partial charge in [0, 0.05) is 10.6 Å². The van der Waals surface area contributed by atoms with Gasteiger partial charge in [-0.2, -0.15) is 0 Å². The lowest BCUT2D eigenvalue weighted by Crippen LogP contribution is -2.19. The van der Waals surface area contributed by atoms with E-state index in [4.69, 9.17) is 11.6 Å². The smallest absolute Gasteiger partial charge is 0.131 e. The minimum absolute atomic E-state index is 0.170. The van der Waals surface area contributed by atoms with Crippen molar-refractivity contribution in [2.45, 2.75) is 13.0 Å². The summed E-state index contributed by atoms with van der Waals surface area (Å²) in [7, 11) is 1.81. The van der Waals surface area contributed by atoms with Crippen molar-refractivity contribution in [2.75, 3.05) is 7.05 Å². The van der Waals surface area contributed by atoms with Gasteiger partial charge in [-0.25, -0.2) is 4.39 Å². The van der Waals surface area contributed by atoms with E-state index >= 15 is 0 Å². The van der Waals surface area contributed by atoms with Crippen molar-refractivity contribution < 1.29 is 4.39 Å². The average molecular weight is 264 g/mol. The van der Waals surface area contributed by atoms with Crippen LogP contribution in [-0.4, -0.2) is 7.05 Å². The molecule has 2 rings (SSSR count). The van der Waals surface area contributed by atoms with Gasteiger partial charge in [-0.15, -0.1) is 0 Å². The Morgan fingerprint density at radius 3 is 2.56 bits per heavy atom. The average Bonchev–Trinajstić information content (AvgIpc) is 2.35. The van der Waals surface area contributed by atoms with Crippen LogP contribution in [-0.2, 0) is 0 Å². The lowest BCUT2D eigenvalue weighted by Gasteiger charge is -2.19. The van der Waals surface area contributed by atoms with Gasteiger partial charge in [-0.3, -0.25) is 0 Å². The molecule has 0 aliphatic heterocycles. The summed E-state index contributed by atoms with van der Waals surface area (Å²) in [5.74, 6) is -0.170. The molecule has 94 valence electrons. The van der Waals surface area contributed by atoms with Gasteiger partial charge in [0.05, 0.1) is 6.04 Å². The van der Waals surface area contributed by atoms with Crippen LogP contribution >= 0.6 is 11.6 Å². The quantitative estimate of drug-likeness (QED) is 0.879. The Kier molecular flexibility index (Phi) is 4.00. The van der Waals surface area contributed by atoms with Crippen molar-refractivity contribution in [1.82, 2.24) is 5.32 Å². The van der Waals surface area contributed by atoms with E-state index in [2.05, 4.69) is 5.32 Å². The van der Waals surface area contributed by atoms with E-state index < -0.39 is 0 Å². The lowest BCUT2D eigenvalue weighted by molar-refractivity contribution is 0.569. The monoisotopic (exact) mass is 263 g/mol. The summed E-state index contributed by atoms with van der Waals surface area (Å²) in [6.45, 7) is 1.77. The maximum atomic E-state index is 14.2. The zero-order valence-electron chi connectivity index (χ0n) is 10.4. The van der Waals surface area contributed by atoms with Crippen LogP contribution in [0.1, 0.15) is 22.7 Å². The second kappa shape index (κ2) is 5.51. The van der Waals surface area contributed by atoms with Crippen molar-refractivity contribution in [3.05, 3.63) is 70.0 Å². The van der Waals surface area contributed by atoms with E-state index in [9.17, 15) is 4.39 Å². The Morgan fingerprint density at radius 2 is 1.89 bits per heavy atom. The van der Waals surface area contributed by atoms with E-state index in [0.29, 0.717) is 16.1 Å². The fourth-order valence-corrected chi connectivity index (χ4v) is 2.28. The van der Waals surface area contributed by atoms with Crippen molar-refractivity contribution in [1.29, 1.82) is 0 Å². The molecule has 0 heterocycles. The predicted octanol–water partition coefficient (Wildman–Crippen LogP) is 4.10. The summed E-state index contributed by atoms with van der Waals surface area (Å²) < 4.78 is 14.2. The van der Waals surface area contributed by atoms with Crippen LogP contribution in [0.2, 0.25) is 5.02 Å². The number of hydrogen-bond donors (Lipinski definition) is 1. The first-order valence-electron chi connectivity index (χ1n) is 5.81. The number of aryl methyl sites for hydroxylation is 1. The molecule has 1 nitrogen and oxygen atoms in total. The molecule has 1 N–H and O–H groups in total. The maximum Gasteiger partial charge on any atom is 0.131 e. The zero-order valence-corrected chi connectivity index (χ0v) is 11.1. The topological polar surface area (TPSA) is 12.0 Å². The SMILES string of the molecule is CNC(c1cccc(Cl)c1)c1cccc(C)c1F. The molecule has 0 bridgehead atoms. The van der Waals surface area contributed by atoms with Crippen LogP contribution in [0.4, 0.5) is 4.39 Å². The lowest BCUT2D eigenvalue weighted by atomic mass is 9.97. The second-order valence-corrected chi connectivity index (χ2v) is 4.69.